The summed E-state index contributed by atoms with van der Waals surface area (Å²) in [6.07, 6.45) is 4.56. The molecule has 2 aliphatic rings. The third kappa shape index (κ3) is 2.84. The van der Waals surface area contributed by atoms with Crippen LogP contribution in [0.4, 0.5) is 5.69 Å². The summed E-state index contributed by atoms with van der Waals surface area (Å²) in [6.45, 7) is 8.33. The maximum atomic E-state index is 12.2. The molecule has 0 amide bonds. The van der Waals surface area contributed by atoms with E-state index in [-0.39, 0.29) is 0 Å². The molecule has 2 atom stereocenters. The van der Waals surface area contributed by atoms with Crippen molar-refractivity contribution in [3.05, 3.63) is 42.5 Å². The van der Waals surface area contributed by atoms with Gasteiger partial charge in [-0.1, -0.05) is 50.2 Å². The predicted octanol–water partition coefficient (Wildman–Crippen LogP) is 4.92. The van der Waals surface area contributed by atoms with Gasteiger partial charge in [0.05, 0.1) is 18.3 Å². The second-order valence-electron chi connectivity index (χ2n) is 7.53. The van der Waals surface area contributed by atoms with Crippen LogP contribution in [0.2, 0.25) is 0 Å². The molecule has 2 aliphatic heterocycles. The summed E-state index contributed by atoms with van der Waals surface area (Å²) in [5.74, 6) is 0. The maximum Gasteiger partial charge on any atom is 0.393 e. The van der Waals surface area contributed by atoms with Crippen molar-refractivity contribution < 1.29 is 4.89 Å². The van der Waals surface area contributed by atoms with Crippen LogP contribution in [0.3, 0.4) is 0 Å². The van der Waals surface area contributed by atoms with Crippen molar-refractivity contribution in [2.45, 2.75) is 45.6 Å². The maximum absolute atomic E-state index is 12.2. The largest absolute Gasteiger partial charge is 0.393 e. The molecule has 0 bridgehead atoms. The van der Waals surface area contributed by atoms with Crippen LogP contribution < -0.4 is 4.67 Å². The third-order valence-corrected chi connectivity index (χ3v) is 9.19. The van der Waals surface area contributed by atoms with E-state index in [0.29, 0.717) is 6.04 Å². The molecule has 5 heteroatoms. The van der Waals surface area contributed by atoms with Crippen LogP contribution in [-0.4, -0.2) is 46.5 Å². The molecule has 2 saturated heterocycles. The van der Waals surface area contributed by atoms with E-state index in [0.717, 1.165) is 39.0 Å². The molecule has 140 valence electrons. The smallest absolute Gasteiger partial charge is 0.192 e. The van der Waals surface area contributed by atoms with E-state index in [1.54, 1.807) is 0 Å². The zero-order valence-electron chi connectivity index (χ0n) is 16.0. The second-order valence-corrected chi connectivity index (χ2v) is 10.2. The van der Waals surface area contributed by atoms with Crippen molar-refractivity contribution >= 4 is 24.4 Å². The molecule has 2 aromatic rings. The molecule has 0 aromatic heterocycles. The molecular weight excluding hydrogens is 341 g/mol. The number of benzene rings is 2. The molecule has 2 aromatic carbocycles. The Morgan fingerprint density at radius 2 is 1.81 bits per heavy atom. The van der Waals surface area contributed by atoms with Crippen molar-refractivity contribution in [1.82, 2.24) is 9.34 Å². The van der Waals surface area contributed by atoms with Crippen molar-refractivity contribution in [1.29, 1.82) is 0 Å². The van der Waals surface area contributed by atoms with Crippen molar-refractivity contribution in [3.8, 4) is 0 Å². The second kappa shape index (κ2) is 7.44. The minimum absolute atomic E-state index is 0.489. The lowest BCUT2D eigenvalue weighted by Crippen LogP contribution is -2.39. The molecule has 2 heterocycles. The minimum Gasteiger partial charge on any atom is -0.192 e. The fourth-order valence-electron chi connectivity index (χ4n) is 4.69. The highest BCUT2D eigenvalue weighted by Crippen LogP contribution is 2.71. The van der Waals surface area contributed by atoms with Gasteiger partial charge in [0.1, 0.15) is 0 Å². The molecule has 1 unspecified atom stereocenters. The van der Waals surface area contributed by atoms with Gasteiger partial charge >= 0.3 is 7.94 Å². The average molecular weight is 372 g/mol. The SMILES string of the molecule is CCCN(CCC)[P+]1(O)N(c2cccc3ccccc23)C[C@@H]2CCCN21. The Morgan fingerprint density at radius 3 is 2.58 bits per heavy atom. The zero-order chi connectivity index (χ0) is 18.1. The molecule has 26 heavy (non-hydrogen) atoms. The Bertz CT molecular complexity index is 759. The van der Waals surface area contributed by atoms with Gasteiger partial charge in [0.15, 0.2) is 0 Å². The molecule has 0 aliphatic carbocycles. The van der Waals surface area contributed by atoms with E-state index in [9.17, 15) is 4.89 Å². The van der Waals surface area contributed by atoms with Crippen molar-refractivity contribution in [3.63, 3.8) is 0 Å². The fraction of sp³-hybridized carbons (Fsp3) is 0.524. The Balaban J connectivity index is 1.82. The topological polar surface area (TPSA) is 30.0 Å². The number of hydrogen-bond donors (Lipinski definition) is 1. The van der Waals surface area contributed by atoms with Gasteiger partial charge in [0.2, 0.25) is 0 Å². The van der Waals surface area contributed by atoms with Crippen LogP contribution >= 0.6 is 7.94 Å². The lowest BCUT2D eigenvalue weighted by atomic mass is 10.1. The first-order chi connectivity index (χ1) is 12.7. The lowest BCUT2D eigenvalue weighted by molar-refractivity contribution is 0.321. The van der Waals surface area contributed by atoms with Crippen LogP contribution in [0, 0.1) is 0 Å². The molecule has 0 saturated carbocycles. The van der Waals surface area contributed by atoms with Gasteiger partial charge in [-0.05, 0) is 37.1 Å². The summed E-state index contributed by atoms with van der Waals surface area (Å²) in [4.78, 5) is 12.2. The zero-order valence-corrected chi connectivity index (χ0v) is 16.9. The number of fused-ring (bicyclic) bond motifs is 2. The normalized spacial score (nSPS) is 26.2. The molecular formula is C21H31N3OP+. The molecule has 4 nitrogen and oxygen atoms in total. The third-order valence-electron chi connectivity index (χ3n) is 5.79. The summed E-state index contributed by atoms with van der Waals surface area (Å²) in [5.41, 5.74) is 1.20. The highest BCUT2D eigenvalue weighted by molar-refractivity contribution is 7.67. The first-order valence-corrected chi connectivity index (χ1v) is 11.7. The summed E-state index contributed by atoms with van der Waals surface area (Å²) < 4.78 is 7.24. The van der Waals surface area contributed by atoms with Gasteiger partial charge in [-0.2, -0.15) is 9.56 Å². The minimum atomic E-state index is -2.50. The Kier molecular flexibility index (Phi) is 5.20. The van der Waals surface area contributed by atoms with E-state index in [1.165, 1.54) is 29.3 Å². The number of rotatable bonds is 6. The standard InChI is InChI=1S/C21H31N3OP/c1-3-14-22(15-4-2)26(25)23-16-8-11-19(23)17-24(26)21-13-7-10-18-9-5-6-12-20(18)21/h5-7,9-10,12-13,19,25H,3-4,8,11,14-17H2,1-2H3/q+1/t19-,26?/m0/s1. The quantitative estimate of drug-likeness (QED) is 0.729. The van der Waals surface area contributed by atoms with Crippen LogP contribution in [0.25, 0.3) is 10.8 Å². The average Bonchev–Trinajstić information content (AvgIpc) is 3.23. The van der Waals surface area contributed by atoms with E-state index < -0.39 is 7.94 Å². The van der Waals surface area contributed by atoms with Gasteiger partial charge in [0.25, 0.3) is 0 Å². The number of hydrogen-bond acceptors (Lipinski definition) is 4. The van der Waals surface area contributed by atoms with E-state index in [4.69, 9.17) is 0 Å². The molecule has 0 radical (unpaired) electrons. The first kappa shape index (κ1) is 18.2. The van der Waals surface area contributed by atoms with Gasteiger partial charge in [-0.15, -0.1) is 9.34 Å². The van der Waals surface area contributed by atoms with E-state index in [2.05, 4.69) is 70.3 Å². The monoisotopic (exact) mass is 372 g/mol. The van der Waals surface area contributed by atoms with Crippen molar-refractivity contribution in [2.75, 3.05) is 30.8 Å². The molecule has 4 rings (SSSR count). The van der Waals surface area contributed by atoms with E-state index >= 15 is 0 Å². The number of nitrogens with zero attached hydrogens (tertiary/aromatic N) is 3. The van der Waals surface area contributed by atoms with E-state index in [1.807, 2.05) is 0 Å². The summed E-state index contributed by atoms with van der Waals surface area (Å²) >= 11 is 0. The van der Waals surface area contributed by atoms with Crippen LogP contribution in [0.5, 0.6) is 0 Å². The van der Waals surface area contributed by atoms with Gasteiger partial charge < -0.3 is 0 Å². The molecule has 2 fully saturated rings. The van der Waals surface area contributed by atoms with Gasteiger partial charge in [-0.3, -0.25) is 0 Å². The van der Waals surface area contributed by atoms with Gasteiger partial charge in [-0.25, -0.2) is 0 Å². The van der Waals surface area contributed by atoms with Crippen LogP contribution in [-0.2, 0) is 0 Å². The summed E-state index contributed by atoms with van der Waals surface area (Å²) in [5, 5.41) is 2.50. The highest BCUT2D eigenvalue weighted by atomic mass is 31.2. The summed E-state index contributed by atoms with van der Waals surface area (Å²) in [7, 11) is -2.50. The summed E-state index contributed by atoms with van der Waals surface area (Å²) in [6, 6.07) is 15.6. The Morgan fingerprint density at radius 1 is 1.08 bits per heavy atom. The first-order valence-electron chi connectivity index (χ1n) is 10.1. The van der Waals surface area contributed by atoms with Gasteiger partial charge in [0, 0.05) is 25.0 Å². The highest BCUT2D eigenvalue weighted by Gasteiger charge is 2.65. The van der Waals surface area contributed by atoms with Crippen LogP contribution in [0.1, 0.15) is 39.5 Å². The van der Waals surface area contributed by atoms with Crippen molar-refractivity contribution in [2.24, 2.45) is 0 Å². The predicted molar refractivity (Wildman–Crippen MR) is 112 cm³/mol. The fourth-order valence-corrected chi connectivity index (χ4v) is 8.45. The molecule has 0 spiro atoms. The number of anilines is 1. The van der Waals surface area contributed by atoms with Crippen LogP contribution in [0.15, 0.2) is 42.5 Å². The Hall–Kier alpha value is -1.19. The Labute approximate surface area is 158 Å². The molecule has 1 N–H and O–H groups in total. The lowest BCUT2D eigenvalue weighted by Gasteiger charge is -2.37.